The molecule has 0 radical (unpaired) electrons. The number of fused-ring (bicyclic) bond motifs is 1. The Morgan fingerprint density at radius 2 is 2.00 bits per heavy atom. The van der Waals surface area contributed by atoms with E-state index < -0.39 is 0 Å². The Hall–Kier alpha value is -2.03. The van der Waals surface area contributed by atoms with Crippen molar-refractivity contribution in [1.82, 2.24) is 0 Å². The molecule has 0 atom stereocenters. The number of methoxy groups -OCH3 is 1. The van der Waals surface area contributed by atoms with Gasteiger partial charge in [-0.3, -0.25) is 4.79 Å². The SMILES string of the molecule is COc1ccc2c(c1)C=C/C(=C(/C)C(C)=O)O2. The highest BCUT2D eigenvalue weighted by molar-refractivity contribution is 5.94. The van der Waals surface area contributed by atoms with Crippen LogP contribution in [0.25, 0.3) is 6.08 Å². The molecule has 0 bridgehead atoms. The van der Waals surface area contributed by atoms with Gasteiger partial charge in [-0.05, 0) is 44.2 Å². The van der Waals surface area contributed by atoms with Gasteiger partial charge in [-0.1, -0.05) is 0 Å². The second-order valence-electron chi connectivity index (χ2n) is 3.88. The van der Waals surface area contributed by atoms with Crippen LogP contribution in [0.4, 0.5) is 0 Å². The van der Waals surface area contributed by atoms with E-state index in [4.69, 9.17) is 9.47 Å². The summed E-state index contributed by atoms with van der Waals surface area (Å²) in [7, 11) is 1.63. The van der Waals surface area contributed by atoms with Crippen molar-refractivity contribution in [1.29, 1.82) is 0 Å². The van der Waals surface area contributed by atoms with Crippen molar-refractivity contribution in [2.24, 2.45) is 0 Å². The number of hydrogen-bond acceptors (Lipinski definition) is 3. The van der Waals surface area contributed by atoms with Crippen molar-refractivity contribution < 1.29 is 14.3 Å². The van der Waals surface area contributed by atoms with Gasteiger partial charge >= 0.3 is 0 Å². The highest BCUT2D eigenvalue weighted by atomic mass is 16.5. The number of allylic oxidation sites excluding steroid dienone is 2. The van der Waals surface area contributed by atoms with Crippen molar-refractivity contribution in [2.75, 3.05) is 7.11 Å². The summed E-state index contributed by atoms with van der Waals surface area (Å²) in [6.07, 6.45) is 3.72. The van der Waals surface area contributed by atoms with Crippen LogP contribution in [0.15, 0.2) is 35.6 Å². The Morgan fingerprint density at radius 1 is 1.24 bits per heavy atom. The second-order valence-corrected chi connectivity index (χ2v) is 3.88. The van der Waals surface area contributed by atoms with Crippen LogP contribution >= 0.6 is 0 Å². The largest absolute Gasteiger partial charge is 0.497 e. The third-order valence-electron chi connectivity index (χ3n) is 2.75. The van der Waals surface area contributed by atoms with Gasteiger partial charge in [0, 0.05) is 11.1 Å². The first-order valence-electron chi connectivity index (χ1n) is 5.37. The van der Waals surface area contributed by atoms with Gasteiger partial charge < -0.3 is 9.47 Å². The van der Waals surface area contributed by atoms with Crippen LogP contribution in [-0.2, 0) is 4.79 Å². The average molecular weight is 230 g/mol. The van der Waals surface area contributed by atoms with Gasteiger partial charge in [0.15, 0.2) is 5.78 Å². The third-order valence-corrected chi connectivity index (χ3v) is 2.75. The molecule has 2 rings (SSSR count). The fraction of sp³-hybridized carbons (Fsp3) is 0.214. The van der Waals surface area contributed by atoms with Gasteiger partial charge in [-0.15, -0.1) is 0 Å². The first kappa shape index (κ1) is 11.5. The van der Waals surface area contributed by atoms with Gasteiger partial charge in [0.1, 0.15) is 17.3 Å². The van der Waals surface area contributed by atoms with E-state index in [1.165, 1.54) is 6.92 Å². The molecule has 1 heterocycles. The highest BCUT2D eigenvalue weighted by Gasteiger charge is 2.13. The fourth-order valence-corrected chi connectivity index (χ4v) is 1.57. The molecule has 1 aromatic rings. The van der Waals surface area contributed by atoms with Crippen molar-refractivity contribution in [2.45, 2.75) is 13.8 Å². The van der Waals surface area contributed by atoms with E-state index in [9.17, 15) is 4.79 Å². The molecule has 3 nitrogen and oxygen atoms in total. The number of ether oxygens (including phenoxy) is 2. The quantitative estimate of drug-likeness (QED) is 0.733. The summed E-state index contributed by atoms with van der Waals surface area (Å²) in [5.74, 6) is 2.15. The summed E-state index contributed by atoms with van der Waals surface area (Å²) in [5, 5.41) is 0. The molecule has 0 unspecified atom stereocenters. The first-order valence-corrected chi connectivity index (χ1v) is 5.37. The van der Waals surface area contributed by atoms with Crippen LogP contribution in [0, 0.1) is 0 Å². The van der Waals surface area contributed by atoms with E-state index in [0.717, 1.165) is 17.1 Å². The van der Waals surface area contributed by atoms with Gasteiger partial charge in [-0.25, -0.2) is 0 Å². The molecular formula is C14H14O3. The topological polar surface area (TPSA) is 35.5 Å². The van der Waals surface area contributed by atoms with Crippen molar-refractivity contribution >= 4 is 11.9 Å². The Morgan fingerprint density at radius 3 is 2.65 bits per heavy atom. The molecule has 17 heavy (non-hydrogen) atoms. The maximum atomic E-state index is 11.3. The molecule has 0 saturated carbocycles. The normalized spacial score (nSPS) is 15.9. The first-order chi connectivity index (χ1) is 8.11. The molecule has 3 heteroatoms. The zero-order valence-corrected chi connectivity index (χ0v) is 10.1. The molecule has 0 spiro atoms. The second kappa shape index (κ2) is 4.45. The number of carbonyl (C=O) groups is 1. The minimum atomic E-state index is 0.0154. The van der Waals surface area contributed by atoms with Crippen LogP contribution in [0.3, 0.4) is 0 Å². The Kier molecular flexibility index (Phi) is 3.00. The lowest BCUT2D eigenvalue weighted by Crippen LogP contribution is -2.05. The van der Waals surface area contributed by atoms with E-state index in [0.29, 0.717) is 11.3 Å². The average Bonchev–Trinajstić information content (AvgIpc) is 2.36. The van der Waals surface area contributed by atoms with Crippen LogP contribution < -0.4 is 9.47 Å². The molecule has 1 aliphatic rings. The Balaban J connectivity index is 2.39. The molecule has 0 N–H and O–H groups in total. The number of rotatable bonds is 2. The highest BCUT2D eigenvalue weighted by Crippen LogP contribution is 2.31. The molecule has 0 saturated heterocycles. The zero-order chi connectivity index (χ0) is 12.4. The van der Waals surface area contributed by atoms with E-state index >= 15 is 0 Å². The van der Waals surface area contributed by atoms with Gasteiger partial charge in [0.05, 0.1) is 7.11 Å². The predicted molar refractivity (Wildman–Crippen MR) is 66.0 cm³/mol. The van der Waals surface area contributed by atoms with Crippen LogP contribution in [0.2, 0.25) is 0 Å². The van der Waals surface area contributed by atoms with E-state index in [-0.39, 0.29) is 5.78 Å². The minimum absolute atomic E-state index is 0.0154. The van der Waals surface area contributed by atoms with E-state index in [2.05, 4.69) is 0 Å². The predicted octanol–water partition coefficient (Wildman–Crippen LogP) is 2.96. The molecule has 88 valence electrons. The number of ketones is 1. The molecule has 0 aromatic heterocycles. The minimum Gasteiger partial charge on any atom is -0.497 e. The smallest absolute Gasteiger partial charge is 0.159 e. The Bertz CT molecular complexity index is 524. The van der Waals surface area contributed by atoms with Crippen LogP contribution in [0.5, 0.6) is 11.5 Å². The summed E-state index contributed by atoms with van der Waals surface area (Å²) in [5.41, 5.74) is 1.58. The number of benzene rings is 1. The lowest BCUT2D eigenvalue weighted by Gasteiger charge is -2.16. The summed E-state index contributed by atoms with van der Waals surface area (Å²) < 4.78 is 10.8. The number of hydrogen-bond donors (Lipinski definition) is 0. The molecular weight excluding hydrogens is 216 g/mol. The molecule has 1 aromatic carbocycles. The van der Waals surface area contributed by atoms with Gasteiger partial charge in [0.2, 0.25) is 0 Å². The van der Waals surface area contributed by atoms with Crippen molar-refractivity contribution in [3.63, 3.8) is 0 Å². The fourth-order valence-electron chi connectivity index (χ4n) is 1.57. The zero-order valence-electron chi connectivity index (χ0n) is 10.1. The third kappa shape index (κ3) is 2.23. The van der Waals surface area contributed by atoms with Crippen LogP contribution in [0.1, 0.15) is 19.4 Å². The van der Waals surface area contributed by atoms with Crippen molar-refractivity contribution in [3.8, 4) is 11.5 Å². The summed E-state index contributed by atoms with van der Waals surface area (Å²) in [6.45, 7) is 3.29. The van der Waals surface area contributed by atoms with Gasteiger partial charge in [-0.2, -0.15) is 0 Å². The molecule has 0 amide bonds. The maximum absolute atomic E-state index is 11.3. The lowest BCUT2D eigenvalue weighted by atomic mass is 10.1. The van der Waals surface area contributed by atoms with Gasteiger partial charge in [0.25, 0.3) is 0 Å². The summed E-state index contributed by atoms with van der Waals surface area (Å²) in [4.78, 5) is 11.3. The number of carbonyl (C=O) groups excluding carboxylic acids is 1. The summed E-state index contributed by atoms with van der Waals surface area (Å²) in [6, 6.07) is 5.56. The number of Topliss-reactive ketones (excluding diaryl/α,β-unsaturated/α-hetero) is 1. The van der Waals surface area contributed by atoms with Crippen molar-refractivity contribution in [3.05, 3.63) is 41.2 Å². The standard InChI is InChI=1S/C14H14O3/c1-9(10(2)15)13-6-4-11-8-12(16-3)5-7-14(11)17-13/h4-8H,1-3H3/b13-9+. The molecule has 1 aliphatic heterocycles. The lowest BCUT2D eigenvalue weighted by molar-refractivity contribution is -0.113. The maximum Gasteiger partial charge on any atom is 0.159 e. The van der Waals surface area contributed by atoms with E-state index in [1.54, 1.807) is 20.1 Å². The Labute approximate surface area is 100 Å². The monoisotopic (exact) mass is 230 g/mol. The van der Waals surface area contributed by atoms with E-state index in [1.807, 2.05) is 24.3 Å². The van der Waals surface area contributed by atoms with Crippen LogP contribution in [-0.4, -0.2) is 12.9 Å². The molecule has 0 aliphatic carbocycles. The molecule has 0 fully saturated rings. The summed E-state index contributed by atoms with van der Waals surface area (Å²) >= 11 is 0.